The Hall–Kier alpha value is -0.640. The van der Waals surface area contributed by atoms with E-state index < -0.39 is 0 Å². The van der Waals surface area contributed by atoms with Crippen LogP contribution in [-0.4, -0.2) is 6.54 Å². The minimum absolute atomic E-state index is 0.0477. The van der Waals surface area contributed by atoms with Gasteiger partial charge in [0.05, 0.1) is 3.79 Å². The number of hydrogen-bond acceptors (Lipinski definition) is 2. The van der Waals surface area contributed by atoms with Crippen LogP contribution in [0.15, 0.2) is 40.2 Å². The molecule has 18 heavy (non-hydrogen) atoms. The van der Waals surface area contributed by atoms with Crippen LogP contribution in [0.5, 0.6) is 0 Å². The molecule has 0 radical (unpaired) electrons. The van der Waals surface area contributed by atoms with Gasteiger partial charge in [-0.1, -0.05) is 38.1 Å². The Labute approximate surface area is 121 Å². The lowest BCUT2D eigenvalue weighted by molar-refractivity contribution is 0.538. The lowest BCUT2D eigenvalue weighted by Gasteiger charge is -2.23. The monoisotopic (exact) mass is 323 g/mol. The van der Waals surface area contributed by atoms with E-state index in [1.165, 1.54) is 19.8 Å². The van der Waals surface area contributed by atoms with Crippen molar-refractivity contribution in [1.29, 1.82) is 0 Å². The maximum Gasteiger partial charge on any atom is 0.0701 e. The van der Waals surface area contributed by atoms with Gasteiger partial charge >= 0.3 is 0 Å². The summed E-state index contributed by atoms with van der Waals surface area (Å²) in [6.07, 6.45) is 0.991. The molecule has 0 saturated heterocycles. The zero-order valence-electron chi connectivity index (χ0n) is 10.7. The lowest BCUT2D eigenvalue weighted by atomic mass is 9.84. The first-order valence-corrected chi connectivity index (χ1v) is 7.66. The highest BCUT2D eigenvalue weighted by Crippen LogP contribution is 2.27. The van der Waals surface area contributed by atoms with Crippen molar-refractivity contribution >= 4 is 27.3 Å². The molecule has 2 aromatic rings. The molecule has 0 spiro atoms. The standard InChI is InChI=1S/C15H18BrNS/c1-15(2,10-17)12-5-3-4-11(8-12)9-13-6-7-14(16)18-13/h3-8H,9-10,17H2,1-2H3. The maximum atomic E-state index is 5.84. The predicted octanol–water partition coefficient (Wildman–Crippen LogP) is 4.34. The Kier molecular flexibility index (Phi) is 4.25. The van der Waals surface area contributed by atoms with E-state index in [-0.39, 0.29) is 5.41 Å². The topological polar surface area (TPSA) is 26.0 Å². The Bertz CT molecular complexity index is 531. The third-order valence-corrected chi connectivity index (χ3v) is 4.85. The van der Waals surface area contributed by atoms with Crippen molar-refractivity contribution in [2.24, 2.45) is 5.73 Å². The third kappa shape index (κ3) is 3.22. The highest BCUT2D eigenvalue weighted by Gasteiger charge is 2.18. The largest absolute Gasteiger partial charge is 0.330 e. The first-order valence-electron chi connectivity index (χ1n) is 6.05. The first kappa shape index (κ1) is 13.8. The average molecular weight is 324 g/mol. The van der Waals surface area contributed by atoms with E-state index in [0.717, 1.165) is 6.42 Å². The molecule has 1 aromatic carbocycles. The number of rotatable bonds is 4. The van der Waals surface area contributed by atoms with Gasteiger partial charge in [-0.3, -0.25) is 0 Å². The lowest BCUT2D eigenvalue weighted by Crippen LogP contribution is -2.28. The molecule has 0 saturated carbocycles. The van der Waals surface area contributed by atoms with Gasteiger partial charge in [0.2, 0.25) is 0 Å². The fourth-order valence-electron chi connectivity index (χ4n) is 1.87. The zero-order chi connectivity index (χ0) is 13.2. The van der Waals surface area contributed by atoms with Gasteiger partial charge in [-0.15, -0.1) is 11.3 Å². The third-order valence-electron chi connectivity index (χ3n) is 3.23. The normalized spacial score (nSPS) is 11.8. The van der Waals surface area contributed by atoms with Gasteiger partial charge in [0.1, 0.15) is 0 Å². The molecular weight excluding hydrogens is 306 g/mol. The number of halogens is 1. The van der Waals surface area contributed by atoms with Crippen LogP contribution in [-0.2, 0) is 11.8 Å². The van der Waals surface area contributed by atoms with Crippen molar-refractivity contribution in [3.05, 3.63) is 56.2 Å². The zero-order valence-corrected chi connectivity index (χ0v) is 13.1. The molecule has 0 amide bonds. The molecule has 0 unspecified atom stereocenters. The molecule has 3 heteroatoms. The van der Waals surface area contributed by atoms with Gasteiger partial charge in [0.25, 0.3) is 0 Å². The fraction of sp³-hybridized carbons (Fsp3) is 0.333. The van der Waals surface area contributed by atoms with Crippen molar-refractivity contribution in [1.82, 2.24) is 0 Å². The van der Waals surface area contributed by atoms with Crippen LogP contribution in [0.1, 0.15) is 29.9 Å². The summed E-state index contributed by atoms with van der Waals surface area (Å²) in [6, 6.07) is 13.0. The van der Waals surface area contributed by atoms with Crippen molar-refractivity contribution in [3.63, 3.8) is 0 Å². The molecule has 1 heterocycles. The minimum atomic E-state index is 0.0477. The summed E-state index contributed by atoms with van der Waals surface area (Å²) >= 11 is 5.30. The van der Waals surface area contributed by atoms with E-state index in [9.17, 15) is 0 Å². The minimum Gasteiger partial charge on any atom is -0.330 e. The van der Waals surface area contributed by atoms with Gasteiger partial charge in [0, 0.05) is 23.3 Å². The van der Waals surface area contributed by atoms with Crippen LogP contribution in [0.2, 0.25) is 0 Å². The molecule has 2 rings (SSSR count). The van der Waals surface area contributed by atoms with E-state index in [1.54, 1.807) is 11.3 Å². The number of hydrogen-bond donors (Lipinski definition) is 1. The number of benzene rings is 1. The van der Waals surface area contributed by atoms with E-state index >= 15 is 0 Å². The molecule has 0 atom stereocenters. The van der Waals surface area contributed by atoms with E-state index in [1.807, 2.05) is 0 Å². The Balaban J connectivity index is 2.22. The van der Waals surface area contributed by atoms with Crippen molar-refractivity contribution in [3.8, 4) is 0 Å². The molecule has 0 aliphatic carbocycles. The summed E-state index contributed by atoms with van der Waals surface area (Å²) in [7, 11) is 0. The highest BCUT2D eigenvalue weighted by atomic mass is 79.9. The molecule has 2 N–H and O–H groups in total. The van der Waals surface area contributed by atoms with Crippen LogP contribution in [0, 0.1) is 0 Å². The average Bonchev–Trinajstić information content (AvgIpc) is 2.75. The molecule has 0 bridgehead atoms. The van der Waals surface area contributed by atoms with Gasteiger partial charge in [-0.25, -0.2) is 0 Å². The van der Waals surface area contributed by atoms with Crippen LogP contribution in [0.4, 0.5) is 0 Å². The Morgan fingerprint density at radius 2 is 2.00 bits per heavy atom. The molecule has 96 valence electrons. The summed E-state index contributed by atoms with van der Waals surface area (Å²) in [5, 5.41) is 0. The van der Waals surface area contributed by atoms with Crippen molar-refractivity contribution in [2.45, 2.75) is 25.7 Å². The van der Waals surface area contributed by atoms with Crippen LogP contribution < -0.4 is 5.73 Å². The van der Waals surface area contributed by atoms with E-state index in [0.29, 0.717) is 6.54 Å². The molecule has 0 fully saturated rings. The van der Waals surface area contributed by atoms with Gasteiger partial charge in [-0.2, -0.15) is 0 Å². The highest BCUT2D eigenvalue weighted by molar-refractivity contribution is 9.11. The second-order valence-electron chi connectivity index (χ2n) is 5.17. The van der Waals surface area contributed by atoms with Crippen LogP contribution >= 0.6 is 27.3 Å². The van der Waals surface area contributed by atoms with Crippen LogP contribution in [0.3, 0.4) is 0 Å². The number of thiophene rings is 1. The second-order valence-corrected chi connectivity index (χ2v) is 7.72. The first-order chi connectivity index (χ1) is 8.51. The van der Waals surface area contributed by atoms with E-state index in [4.69, 9.17) is 5.73 Å². The summed E-state index contributed by atoms with van der Waals surface area (Å²) < 4.78 is 1.19. The van der Waals surface area contributed by atoms with Crippen LogP contribution in [0.25, 0.3) is 0 Å². The van der Waals surface area contributed by atoms with Crippen molar-refractivity contribution in [2.75, 3.05) is 6.54 Å². The quantitative estimate of drug-likeness (QED) is 0.890. The summed E-state index contributed by atoms with van der Waals surface area (Å²) in [5.41, 5.74) is 8.56. The Morgan fingerprint density at radius 1 is 1.22 bits per heavy atom. The summed E-state index contributed by atoms with van der Waals surface area (Å²) in [4.78, 5) is 1.38. The van der Waals surface area contributed by atoms with Gasteiger partial charge < -0.3 is 5.73 Å². The molecule has 0 aliphatic heterocycles. The molecule has 1 aromatic heterocycles. The van der Waals surface area contributed by atoms with Gasteiger partial charge in [0.15, 0.2) is 0 Å². The van der Waals surface area contributed by atoms with Crippen molar-refractivity contribution < 1.29 is 0 Å². The van der Waals surface area contributed by atoms with Gasteiger partial charge in [-0.05, 0) is 39.2 Å². The maximum absolute atomic E-state index is 5.84. The second kappa shape index (κ2) is 5.55. The van der Waals surface area contributed by atoms with E-state index in [2.05, 4.69) is 66.2 Å². The summed E-state index contributed by atoms with van der Waals surface area (Å²) in [5.74, 6) is 0. The molecular formula is C15H18BrNS. The Morgan fingerprint density at radius 3 is 2.61 bits per heavy atom. The summed E-state index contributed by atoms with van der Waals surface area (Å²) in [6.45, 7) is 5.04. The smallest absolute Gasteiger partial charge is 0.0701 e. The SMILES string of the molecule is CC(C)(CN)c1cccc(Cc2ccc(Br)s2)c1. The molecule has 1 nitrogen and oxygen atoms in total. The predicted molar refractivity (Wildman–Crippen MR) is 83.3 cm³/mol. The number of nitrogens with two attached hydrogens (primary N) is 1. The fourth-order valence-corrected chi connectivity index (χ4v) is 3.39. The molecule has 0 aliphatic rings.